The zero-order chi connectivity index (χ0) is 18.2. The number of benzene rings is 1. The van der Waals surface area contributed by atoms with Crippen LogP contribution in [0.3, 0.4) is 0 Å². The lowest BCUT2D eigenvalue weighted by Crippen LogP contribution is -2.52. The van der Waals surface area contributed by atoms with Gasteiger partial charge >= 0.3 is 0 Å². The van der Waals surface area contributed by atoms with Gasteiger partial charge in [0.2, 0.25) is 0 Å². The fraction of sp³-hybridized carbons (Fsp3) is 0.632. The molecular weight excluding hydrogens is 332 g/mol. The Kier molecular flexibility index (Phi) is 8.06. The molecule has 1 aromatic carbocycles. The van der Waals surface area contributed by atoms with Crippen molar-refractivity contribution >= 4 is 17.7 Å². The van der Waals surface area contributed by atoms with E-state index in [0.29, 0.717) is 12.1 Å². The van der Waals surface area contributed by atoms with Gasteiger partial charge in [-0.3, -0.25) is 9.89 Å². The Morgan fingerprint density at radius 2 is 2.24 bits per heavy atom. The topological polar surface area (TPSA) is 48.9 Å². The van der Waals surface area contributed by atoms with E-state index in [1.807, 2.05) is 7.05 Å². The van der Waals surface area contributed by atoms with Crippen LogP contribution in [0.2, 0.25) is 0 Å². The largest absolute Gasteiger partial charge is 0.379 e. The van der Waals surface area contributed by atoms with E-state index in [2.05, 4.69) is 65.8 Å². The molecule has 1 aromatic rings. The summed E-state index contributed by atoms with van der Waals surface area (Å²) in [5.74, 6) is 0.848. The lowest BCUT2D eigenvalue weighted by molar-refractivity contribution is -0.0174. The lowest BCUT2D eigenvalue weighted by Gasteiger charge is -2.38. The maximum atomic E-state index is 5.53. The highest BCUT2D eigenvalue weighted by atomic mass is 32.2. The van der Waals surface area contributed by atoms with E-state index >= 15 is 0 Å². The van der Waals surface area contributed by atoms with Gasteiger partial charge in [-0.25, -0.2) is 0 Å². The summed E-state index contributed by atoms with van der Waals surface area (Å²) < 4.78 is 5.53. The molecule has 1 aliphatic heterocycles. The fourth-order valence-electron chi connectivity index (χ4n) is 3.15. The quantitative estimate of drug-likeness (QED) is 0.461. The van der Waals surface area contributed by atoms with Crippen molar-refractivity contribution in [2.75, 3.05) is 39.6 Å². The molecule has 0 aromatic heterocycles. The molecule has 1 heterocycles. The van der Waals surface area contributed by atoms with E-state index in [9.17, 15) is 0 Å². The summed E-state index contributed by atoms with van der Waals surface area (Å²) in [6.07, 6.45) is 2.12. The van der Waals surface area contributed by atoms with Gasteiger partial charge in [0.25, 0.3) is 0 Å². The van der Waals surface area contributed by atoms with Crippen LogP contribution in [-0.2, 0) is 11.3 Å². The molecule has 0 aliphatic carbocycles. The van der Waals surface area contributed by atoms with E-state index in [-0.39, 0.29) is 0 Å². The normalized spacial score (nSPS) is 20.4. The van der Waals surface area contributed by atoms with Crippen molar-refractivity contribution in [1.29, 1.82) is 0 Å². The van der Waals surface area contributed by atoms with Crippen molar-refractivity contribution in [3.05, 3.63) is 29.3 Å². The molecule has 25 heavy (non-hydrogen) atoms. The molecule has 2 atom stereocenters. The van der Waals surface area contributed by atoms with Crippen molar-refractivity contribution < 1.29 is 4.74 Å². The van der Waals surface area contributed by atoms with Crippen LogP contribution in [-0.4, -0.2) is 62.5 Å². The van der Waals surface area contributed by atoms with Gasteiger partial charge in [0.05, 0.1) is 13.2 Å². The Labute approximate surface area is 156 Å². The van der Waals surface area contributed by atoms with E-state index in [1.54, 1.807) is 11.8 Å². The van der Waals surface area contributed by atoms with Crippen LogP contribution in [0.25, 0.3) is 0 Å². The van der Waals surface area contributed by atoms with Crippen LogP contribution in [0.5, 0.6) is 0 Å². The molecule has 5 nitrogen and oxygen atoms in total. The number of nitrogens with zero attached hydrogens (tertiary/aromatic N) is 2. The molecule has 0 amide bonds. The monoisotopic (exact) mass is 364 g/mol. The van der Waals surface area contributed by atoms with Crippen LogP contribution < -0.4 is 10.6 Å². The summed E-state index contributed by atoms with van der Waals surface area (Å²) in [7, 11) is 1.82. The summed E-state index contributed by atoms with van der Waals surface area (Å²) in [6, 6.07) is 7.50. The Hall–Kier alpha value is -1.24. The average molecular weight is 365 g/mol. The zero-order valence-electron chi connectivity index (χ0n) is 16.1. The zero-order valence-corrected chi connectivity index (χ0v) is 16.9. The molecule has 0 bridgehead atoms. The summed E-state index contributed by atoms with van der Waals surface area (Å²) in [5, 5.41) is 6.89. The Bertz CT molecular complexity index is 579. The van der Waals surface area contributed by atoms with Crippen LogP contribution >= 0.6 is 11.8 Å². The summed E-state index contributed by atoms with van der Waals surface area (Å²) in [4.78, 5) is 8.17. The number of ether oxygens (including phenoxy) is 1. The third-order valence-corrected chi connectivity index (χ3v) is 5.48. The predicted molar refractivity (Wildman–Crippen MR) is 108 cm³/mol. The number of thioether (sulfide) groups is 1. The van der Waals surface area contributed by atoms with E-state index in [0.717, 1.165) is 38.8 Å². The standard InChI is InChI=1S/C19H32N4OS/c1-14-6-7-17(18(10-14)25-5)12-22-19(20-4)21-11-15(2)23-8-9-24-13-16(23)3/h6-7,10,15-16H,8-9,11-13H2,1-5H3,(H2,20,21,22). The third kappa shape index (κ3) is 5.90. The highest BCUT2D eigenvalue weighted by Crippen LogP contribution is 2.21. The molecule has 1 saturated heterocycles. The van der Waals surface area contributed by atoms with Crippen LogP contribution in [0.15, 0.2) is 28.1 Å². The number of hydrogen-bond donors (Lipinski definition) is 2. The first-order valence-corrected chi connectivity index (χ1v) is 10.2. The molecule has 2 unspecified atom stereocenters. The summed E-state index contributed by atoms with van der Waals surface area (Å²) in [6.45, 7) is 10.9. The number of aryl methyl sites for hydroxylation is 1. The van der Waals surface area contributed by atoms with Gasteiger partial charge in [0, 0.05) is 43.7 Å². The molecule has 0 saturated carbocycles. The number of guanidine groups is 1. The molecule has 1 fully saturated rings. The molecule has 2 rings (SSSR count). The van der Waals surface area contributed by atoms with Gasteiger partial charge in [-0.1, -0.05) is 12.1 Å². The first kappa shape index (κ1) is 20.1. The fourth-order valence-corrected chi connectivity index (χ4v) is 3.86. The molecule has 6 heteroatoms. The maximum absolute atomic E-state index is 5.53. The second-order valence-corrected chi connectivity index (χ2v) is 7.48. The summed E-state index contributed by atoms with van der Waals surface area (Å²) in [5.41, 5.74) is 2.60. The van der Waals surface area contributed by atoms with Crippen LogP contribution in [0.1, 0.15) is 25.0 Å². The van der Waals surface area contributed by atoms with E-state index in [1.165, 1.54) is 16.0 Å². The molecule has 140 valence electrons. The number of morpholine rings is 1. The van der Waals surface area contributed by atoms with Crippen LogP contribution in [0.4, 0.5) is 0 Å². The second kappa shape index (κ2) is 10.0. The smallest absolute Gasteiger partial charge is 0.191 e. The minimum absolute atomic E-state index is 0.443. The number of aliphatic imine (C=N–C) groups is 1. The predicted octanol–water partition coefficient (Wildman–Crippen LogP) is 2.49. The molecule has 0 spiro atoms. The molecular formula is C19H32N4OS. The maximum Gasteiger partial charge on any atom is 0.191 e. The van der Waals surface area contributed by atoms with Gasteiger partial charge in [-0.15, -0.1) is 11.8 Å². The highest BCUT2D eigenvalue weighted by molar-refractivity contribution is 7.98. The Balaban J connectivity index is 1.84. The number of rotatable bonds is 6. The number of nitrogens with one attached hydrogen (secondary N) is 2. The van der Waals surface area contributed by atoms with Crippen molar-refractivity contribution in [2.45, 2.75) is 44.3 Å². The van der Waals surface area contributed by atoms with Gasteiger partial charge in [0.15, 0.2) is 5.96 Å². The minimum atomic E-state index is 0.443. The second-order valence-electron chi connectivity index (χ2n) is 6.63. The lowest BCUT2D eigenvalue weighted by atomic mass is 10.1. The molecule has 2 N–H and O–H groups in total. The molecule has 1 aliphatic rings. The average Bonchev–Trinajstić information content (AvgIpc) is 2.62. The highest BCUT2D eigenvalue weighted by Gasteiger charge is 2.23. The Morgan fingerprint density at radius 3 is 2.92 bits per heavy atom. The van der Waals surface area contributed by atoms with Crippen molar-refractivity contribution in [2.24, 2.45) is 4.99 Å². The van der Waals surface area contributed by atoms with Crippen molar-refractivity contribution in [1.82, 2.24) is 15.5 Å². The number of hydrogen-bond acceptors (Lipinski definition) is 4. The Morgan fingerprint density at radius 1 is 1.44 bits per heavy atom. The van der Waals surface area contributed by atoms with Gasteiger partial charge in [0.1, 0.15) is 0 Å². The van der Waals surface area contributed by atoms with Crippen molar-refractivity contribution in [3.8, 4) is 0 Å². The van der Waals surface area contributed by atoms with Gasteiger partial charge < -0.3 is 15.4 Å². The first-order valence-electron chi connectivity index (χ1n) is 8.96. The SMILES string of the molecule is CN=C(NCc1ccc(C)cc1SC)NCC(C)N1CCOCC1C. The van der Waals surface area contributed by atoms with Gasteiger partial charge in [-0.05, 0) is 44.2 Å². The summed E-state index contributed by atoms with van der Waals surface area (Å²) >= 11 is 1.79. The molecule has 0 radical (unpaired) electrons. The first-order chi connectivity index (χ1) is 12.0. The van der Waals surface area contributed by atoms with E-state index < -0.39 is 0 Å². The van der Waals surface area contributed by atoms with Gasteiger partial charge in [-0.2, -0.15) is 0 Å². The van der Waals surface area contributed by atoms with Crippen LogP contribution in [0, 0.1) is 6.92 Å². The minimum Gasteiger partial charge on any atom is -0.379 e. The third-order valence-electron chi connectivity index (χ3n) is 4.66. The van der Waals surface area contributed by atoms with E-state index in [4.69, 9.17) is 4.74 Å². The van der Waals surface area contributed by atoms with Crippen molar-refractivity contribution in [3.63, 3.8) is 0 Å².